The van der Waals surface area contributed by atoms with E-state index in [0.29, 0.717) is 16.3 Å². The van der Waals surface area contributed by atoms with Crippen molar-refractivity contribution in [2.24, 2.45) is 5.73 Å². The third-order valence-corrected chi connectivity index (χ3v) is 5.64. The molecule has 19 heavy (non-hydrogen) atoms. The van der Waals surface area contributed by atoms with Crippen LogP contribution in [0, 0.1) is 0 Å². The Bertz CT molecular complexity index is 465. The van der Waals surface area contributed by atoms with E-state index in [-0.39, 0.29) is 0 Å². The summed E-state index contributed by atoms with van der Waals surface area (Å²) in [5.74, 6) is 0. The number of nitrogens with two attached hydrogens (primary N) is 1. The molecule has 2 rings (SSSR count). The molecule has 2 atom stereocenters. The summed E-state index contributed by atoms with van der Waals surface area (Å²) in [6.45, 7) is 0. The van der Waals surface area contributed by atoms with Crippen LogP contribution in [-0.2, 0) is 0 Å². The van der Waals surface area contributed by atoms with Gasteiger partial charge in [0.25, 0.3) is 0 Å². The Morgan fingerprint density at radius 2 is 2.16 bits per heavy atom. The number of benzene rings is 1. The fraction of sp³-hybridized carbons (Fsp3) is 0.500. The molecule has 1 aliphatic rings. The van der Waals surface area contributed by atoms with Crippen molar-refractivity contribution in [2.75, 3.05) is 11.6 Å². The maximum atomic E-state index is 5.84. The van der Waals surface area contributed by atoms with E-state index in [4.69, 9.17) is 18.0 Å². The van der Waals surface area contributed by atoms with E-state index in [1.165, 1.54) is 25.7 Å². The Morgan fingerprint density at radius 1 is 1.42 bits per heavy atom. The van der Waals surface area contributed by atoms with E-state index in [0.717, 1.165) is 15.7 Å². The lowest BCUT2D eigenvalue weighted by Crippen LogP contribution is -2.35. The van der Waals surface area contributed by atoms with Gasteiger partial charge in [-0.1, -0.05) is 31.1 Å². The molecule has 0 saturated heterocycles. The van der Waals surface area contributed by atoms with Crippen LogP contribution in [0.3, 0.4) is 0 Å². The van der Waals surface area contributed by atoms with Crippen LogP contribution in [0.5, 0.6) is 0 Å². The van der Waals surface area contributed by atoms with E-state index in [1.807, 2.05) is 23.9 Å². The summed E-state index contributed by atoms with van der Waals surface area (Å²) >= 11 is 10.7. The Hall–Kier alpha value is -0.260. The number of thiocarbonyl (C=S) groups is 1. The number of hydrogen-bond donors (Lipinski definition) is 2. The van der Waals surface area contributed by atoms with Crippen molar-refractivity contribution in [2.45, 2.75) is 37.0 Å². The fourth-order valence-electron chi connectivity index (χ4n) is 2.64. The zero-order chi connectivity index (χ0) is 13.8. The average molecular weight is 359 g/mol. The summed E-state index contributed by atoms with van der Waals surface area (Å²) in [5.41, 5.74) is 7.81. The van der Waals surface area contributed by atoms with Gasteiger partial charge in [-0.3, -0.25) is 0 Å². The number of thioether (sulfide) groups is 1. The normalized spacial score (nSPS) is 23.1. The van der Waals surface area contributed by atoms with Gasteiger partial charge >= 0.3 is 0 Å². The Balaban J connectivity index is 2.22. The van der Waals surface area contributed by atoms with Gasteiger partial charge in [-0.2, -0.15) is 11.8 Å². The SMILES string of the molecule is CSC1CCCCC1Nc1cccc(Br)c1C(N)=S. The molecule has 1 saturated carbocycles. The minimum Gasteiger partial charge on any atom is -0.389 e. The van der Waals surface area contributed by atoms with Gasteiger partial charge in [0.2, 0.25) is 0 Å². The lowest BCUT2D eigenvalue weighted by molar-refractivity contribution is 0.475. The van der Waals surface area contributed by atoms with Gasteiger partial charge in [-0.05, 0) is 47.2 Å². The second kappa shape index (κ2) is 6.95. The lowest BCUT2D eigenvalue weighted by atomic mass is 9.94. The van der Waals surface area contributed by atoms with E-state index in [1.54, 1.807) is 0 Å². The number of nitrogens with one attached hydrogen (secondary N) is 1. The molecule has 2 unspecified atom stereocenters. The Morgan fingerprint density at radius 3 is 2.84 bits per heavy atom. The first kappa shape index (κ1) is 15.1. The molecule has 5 heteroatoms. The van der Waals surface area contributed by atoms with Crippen molar-refractivity contribution < 1.29 is 0 Å². The van der Waals surface area contributed by atoms with Crippen molar-refractivity contribution in [3.63, 3.8) is 0 Å². The standard InChI is InChI=1S/C14H19BrN2S2/c1-19-12-8-3-2-6-10(12)17-11-7-4-5-9(15)13(11)14(16)18/h4-5,7,10,12,17H,2-3,6,8H2,1H3,(H2,16,18). The molecule has 1 aliphatic carbocycles. The molecule has 104 valence electrons. The van der Waals surface area contributed by atoms with Crippen LogP contribution in [0.15, 0.2) is 22.7 Å². The minimum atomic E-state index is 0.437. The van der Waals surface area contributed by atoms with Crippen LogP contribution in [-0.4, -0.2) is 22.5 Å². The molecule has 1 aromatic rings. The first-order chi connectivity index (χ1) is 9.13. The van der Waals surface area contributed by atoms with E-state index < -0.39 is 0 Å². The third-order valence-electron chi connectivity index (χ3n) is 3.61. The number of hydrogen-bond acceptors (Lipinski definition) is 3. The largest absolute Gasteiger partial charge is 0.389 e. The molecule has 3 N–H and O–H groups in total. The molecule has 0 aromatic heterocycles. The van der Waals surface area contributed by atoms with Gasteiger partial charge in [-0.25, -0.2) is 0 Å². The molecule has 0 heterocycles. The predicted octanol–water partition coefficient (Wildman–Crippen LogP) is 4.17. The maximum Gasteiger partial charge on any atom is 0.107 e. The highest BCUT2D eigenvalue weighted by atomic mass is 79.9. The molecule has 0 spiro atoms. The molecule has 0 bridgehead atoms. The summed E-state index contributed by atoms with van der Waals surface area (Å²) in [7, 11) is 0. The number of rotatable bonds is 4. The zero-order valence-electron chi connectivity index (χ0n) is 11.0. The Kier molecular flexibility index (Phi) is 5.54. The van der Waals surface area contributed by atoms with Crippen molar-refractivity contribution in [1.82, 2.24) is 0 Å². The van der Waals surface area contributed by atoms with Crippen LogP contribution < -0.4 is 11.1 Å². The highest BCUT2D eigenvalue weighted by Gasteiger charge is 2.25. The van der Waals surface area contributed by atoms with Gasteiger partial charge in [0.15, 0.2) is 0 Å². The topological polar surface area (TPSA) is 38.0 Å². The fourth-order valence-corrected chi connectivity index (χ4v) is 4.50. The predicted molar refractivity (Wildman–Crippen MR) is 93.2 cm³/mol. The first-order valence-electron chi connectivity index (χ1n) is 6.51. The minimum absolute atomic E-state index is 0.437. The van der Waals surface area contributed by atoms with Crippen LogP contribution in [0.1, 0.15) is 31.2 Å². The molecule has 2 nitrogen and oxygen atoms in total. The maximum absolute atomic E-state index is 5.84. The van der Waals surface area contributed by atoms with Crippen molar-refractivity contribution >= 4 is 50.6 Å². The van der Waals surface area contributed by atoms with Crippen LogP contribution >= 0.6 is 39.9 Å². The quantitative estimate of drug-likeness (QED) is 0.792. The van der Waals surface area contributed by atoms with Gasteiger partial charge in [-0.15, -0.1) is 0 Å². The molecular formula is C14H19BrN2S2. The summed E-state index contributed by atoms with van der Waals surface area (Å²) in [5, 5.41) is 4.33. The average Bonchev–Trinajstić information content (AvgIpc) is 2.39. The second-order valence-electron chi connectivity index (χ2n) is 4.84. The molecular weight excluding hydrogens is 340 g/mol. The molecule has 0 aliphatic heterocycles. The smallest absolute Gasteiger partial charge is 0.107 e. The van der Waals surface area contributed by atoms with Crippen molar-refractivity contribution in [1.29, 1.82) is 0 Å². The van der Waals surface area contributed by atoms with Crippen LogP contribution in [0.2, 0.25) is 0 Å². The van der Waals surface area contributed by atoms with Crippen LogP contribution in [0.4, 0.5) is 5.69 Å². The molecule has 0 amide bonds. The first-order valence-corrected chi connectivity index (χ1v) is 9.00. The highest BCUT2D eigenvalue weighted by Crippen LogP contribution is 2.32. The monoisotopic (exact) mass is 358 g/mol. The van der Waals surface area contributed by atoms with Crippen LogP contribution in [0.25, 0.3) is 0 Å². The Labute approximate surface area is 133 Å². The zero-order valence-corrected chi connectivity index (χ0v) is 14.2. The lowest BCUT2D eigenvalue weighted by Gasteiger charge is -2.32. The highest BCUT2D eigenvalue weighted by molar-refractivity contribution is 9.10. The molecule has 0 radical (unpaired) electrons. The number of anilines is 1. The summed E-state index contributed by atoms with van der Waals surface area (Å²) < 4.78 is 0.960. The van der Waals surface area contributed by atoms with Crippen molar-refractivity contribution in [3.8, 4) is 0 Å². The number of halogens is 1. The summed E-state index contributed by atoms with van der Waals surface area (Å²) in [4.78, 5) is 0.437. The van der Waals surface area contributed by atoms with Crippen molar-refractivity contribution in [3.05, 3.63) is 28.2 Å². The summed E-state index contributed by atoms with van der Waals surface area (Å²) in [6, 6.07) is 6.56. The van der Waals surface area contributed by atoms with Gasteiger partial charge in [0.05, 0.1) is 0 Å². The molecule has 1 fully saturated rings. The molecule has 1 aromatic carbocycles. The third kappa shape index (κ3) is 3.64. The van der Waals surface area contributed by atoms with Gasteiger partial charge in [0, 0.05) is 27.0 Å². The van der Waals surface area contributed by atoms with E-state index in [9.17, 15) is 0 Å². The van der Waals surface area contributed by atoms with Gasteiger partial charge in [0.1, 0.15) is 4.99 Å². The summed E-state index contributed by atoms with van der Waals surface area (Å²) in [6.07, 6.45) is 7.33. The van der Waals surface area contributed by atoms with Gasteiger partial charge < -0.3 is 11.1 Å². The second-order valence-corrected chi connectivity index (χ2v) is 7.21. The van der Waals surface area contributed by atoms with E-state index >= 15 is 0 Å². The van der Waals surface area contributed by atoms with E-state index in [2.05, 4.69) is 33.6 Å².